The summed E-state index contributed by atoms with van der Waals surface area (Å²) in [5, 5.41) is 0. The molecule has 1 nitrogen and oxygen atoms in total. The van der Waals surface area contributed by atoms with Crippen LogP contribution in [0.3, 0.4) is 0 Å². The van der Waals surface area contributed by atoms with Crippen LogP contribution >= 0.6 is 0 Å². The van der Waals surface area contributed by atoms with Crippen LogP contribution in [0.25, 0.3) is 0 Å². The van der Waals surface area contributed by atoms with E-state index in [1.807, 2.05) is 0 Å². The molecule has 0 fully saturated rings. The second kappa shape index (κ2) is 3.97. The largest absolute Gasteiger partial charge is 0.371 e. The molecule has 1 aromatic rings. The molecule has 0 spiro atoms. The Balaban J connectivity index is 1.99. The fourth-order valence-corrected chi connectivity index (χ4v) is 3.23. The zero-order chi connectivity index (χ0) is 11.0. The van der Waals surface area contributed by atoms with Crippen LogP contribution in [0, 0.1) is 5.92 Å². The average Bonchev–Trinajstić information content (AvgIpc) is 2.49. The molecule has 0 saturated heterocycles. The molecule has 1 aliphatic carbocycles. The van der Waals surface area contributed by atoms with Gasteiger partial charge in [0.15, 0.2) is 0 Å². The normalized spacial score (nSPS) is 28.2. The number of rotatable bonds is 0. The first-order valence-corrected chi connectivity index (χ1v) is 6.32. The monoisotopic (exact) mass is 213 g/mol. The zero-order valence-electron chi connectivity index (χ0n) is 9.89. The summed E-state index contributed by atoms with van der Waals surface area (Å²) in [7, 11) is 2.26. The van der Waals surface area contributed by atoms with Gasteiger partial charge in [0.25, 0.3) is 0 Å². The maximum Gasteiger partial charge on any atom is 0.0398 e. The Bertz CT molecular complexity index is 408. The Morgan fingerprint density at radius 1 is 1.12 bits per heavy atom. The summed E-state index contributed by atoms with van der Waals surface area (Å²) in [6, 6.07) is 9.61. The molecule has 2 atom stereocenters. The maximum absolute atomic E-state index is 2.51. The molecule has 84 valence electrons. The first-order valence-electron chi connectivity index (χ1n) is 6.32. The van der Waals surface area contributed by atoms with Crippen molar-refractivity contribution in [3.63, 3.8) is 0 Å². The van der Waals surface area contributed by atoms with E-state index in [0.717, 1.165) is 5.92 Å². The highest BCUT2D eigenvalue weighted by atomic mass is 15.1. The molecule has 0 radical (unpaired) electrons. The number of benzene rings is 1. The summed E-state index contributed by atoms with van der Waals surface area (Å²) in [5.41, 5.74) is 2.98. The number of nitrogens with zero attached hydrogens (tertiary/aromatic N) is 1. The number of anilines is 1. The van der Waals surface area contributed by atoms with Crippen molar-refractivity contribution < 1.29 is 0 Å². The fourth-order valence-electron chi connectivity index (χ4n) is 3.23. The van der Waals surface area contributed by atoms with Crippen molar-refractivity contribution in [2.75, 3.05) is 11.9 Å². The van der Waals surface area contributed by atoms with Gasteiger partial charge in [-0.15, -0.1) is 0 Å². The molecule has 0 amide bonds. The van der Waals surface area contributed by atoms with Crippen LogP contribution in [-0.4, -0.2) is 13.1 Å². The molecular formula is C15H19N. The van der Waals surface area contributed by atoms with Gasteiger partial charge in [-0.05, 0) is 43.2 Å². The van der Waals surface area contributed by atoms with Crippen molar-refractivity contribution >= 4 is 5.69 Å². The van der Waals surface area contributed by atoms with Crippen LogP contribution < -0.4 is 4.90 Å². The summed E-state index contributed by atoms with van der Waals surface area (Å²) in [6.45, 7) is 0. The molecule has 1 heterocycles. The molecule has 3 rings (SSSR count). The van der Waals surface area contributed by atoms with Crippen LogP contribution in [-0.2, 0) is 6.42 Å². The molecule has 1 heteroatoms. The van der Waals surface area contributed by atoms with E-state index in [9.17, 15) is 0 Å². The first-order chi connectivity index (χ1) is 7.86. The number of aryl methyl sites for hydroxylation is 1. The molecule has 2 aliphatic rings. The van der Waals surface area contributed by atoms with Crippen LogP contribution in [0.5, 0.6) is 0 Å². The number of allylic oxidation sites excluding steroid dienone is 1. The first kappa shape index (κ1) is 9.95. The third kappa shape index (κ3) is 1.55. The van der Waals surface area contributed by atoms with Crippen molar-refractivity contribution in [1.29, 1.82) is 0 Å². The Hall–Kier alpha value is -1.24. The smallest absolute Gasteiger partial charge is 0.0398 e. The van der Waals surface area contributed by atoms with Gasteiger partial charge in [0.05, 0.1) is 0 Å². The molecule has 0 saturated carbocycles. The van der Waals surface area contributed by atoms with Crippen LogP contribution in [0.2, 0.25) is 0 Å². The lowest BCUT2D eigenvalue weighted by Gasteiger charge is -2.35. The summed E-state index contributed by atoms with van der Waals surface area (Å²) in [5.74, 6) is 0.849. The van der Waals surface area contributed by atoms with E-state index in [-0.39, 0.29) is 0 Å². The maximum atomic E-state index is 2.51. The molecule has 1 aliphatic heterocycles. The predicted molar refractivity (Wildman–Crippen MR) is 68.8 cm³/mol. The van der Waals surface area contributed by atoms with E-state index in [4.69, 9.17) is 0 Å². The van der Waals surface area contributed by atoms with Gasteiger partial charge >= 0.3 is 0 Å². The molecule has 0 aromatic heterocycles. The minimum absolute atomic E-state index is 0.716. The number of para-hydroxylation sites is 1. The van der Waals surface area contributed by atoms with Gasteiger partial charge in [-0.2, -0.15) is 0 Å². The second-order valence-corrected chi connectivity index (χ2v) is 5.05. The lowest BCUT2D eigenvalue weighted by atomic mass is 9.85. The SMILES string of the molecule is CN1c2ccccc2CCC2CC=CCC21. The number of fused-ring (bicyclic) bond motifs is 2. The average molecular weight is 213 g/mol. The van der Waals surface area contributed by atoms with E-state index in [1.54, 1.807) is 0 Å². The van der Waals surface area contributed by atoms with E-state index >= 15 is 0 Å². The van der Waals surface area contributed by atoms with Gasteiger partial charge in [0.2, 0.25) is 0 Å². The van der Waals surface area contributed by atoms with E-state index in [2.05, 4.69) is 48.4 Å². The fraction of sp³-hybridized carbons (Fsp3) is 0.467. The molecule has 1 aromatic carbocycles. The molecular weight excluding hydrogens is 194 g/mol. The van der Waals surface area contributed by atoms with Crippen molar-refractivity contribution in [3.05, 3.63) is 42.0 Å². The van der Waals surface area contributed by atoms with Crippen molar-refractivity contribution in [1.82, 2.24) is 0 Å². The van der Waals surface area contributed by atoms with Crippen molar-refractivity contribution in [2.45, 2.75) is 31.7 Å². The highest BCUT2D eigenvalue weighted by Crippen LogP contribution is 2.36. The van der Waals surface area contributed by atoms with Gasteiger partial charge in [-0.25, -0.2) is 0 Å². The summed E-state index contributed by atoms with van der Waals surface area (Å²) >= 11 is 0. The van der Waals surface area contributed by atoms with Gasteiger partial charge in [-0.1, -0.05) is 30.4 Å². The quantitative estimate of drug-likeness (QED) is 0.597. The van der Waals surface area contributed by atoms with Gasteiger partial charge in [0.1, 0.15) is 0 Å². The van der Waals surface area contributed by atoms with E-state index in [0.29, 0.717) is 6.04 Å². The number of hydrogen-bond acceptors (Lipinski definition) is 1. The Morgan fingerprint density at radius 3 is 2.88 bits per heavy atom. The highest BCUT2D eigenvalue weighted by molar-refractivity contribution is 5.55. The van der Waals surface area contributed by atoms with Crippen molar-refractivity contribution in [2.24, 2.45) is 5.92 Å². The van der Waals surface area contributed by atoms with E-state index < -0.39 is 0 Å². The minimum Gasteiger partial charge on any atom is -0.371 e. The number of hydrogen-bond donors (Lipinski definition) is 0. The van der Waals surface area contributed by atoms with E-state index in [1.165, 1.54) is 36.9 Å². The lowest BCUT2D eigenvalue weighted by Crippen LogP contribution is -2.37. The summed E-state index contributed by atoms with van der Waals surface area (Å²) in [6.07, 6.45) is 9.79. The Morgan fingerprint density at radius 2 is 1.94 bits per heavy atom. The minimum atomic E-state index is 0.716. The zero-order valence-corrected chi connectivity index (χ0v) is 9.89. The third-order valence-corrected chi connectivity index (χ3v) is 4.18. The summed E-state index contributed by atoms with van der Waals surface area (Å²) in [4.78, 5) is 2.51. The lowest BCUT2D eigenvalue weighted by molar-refractivity contribution is 0.383. The highest BCUT2D eigenvalue weighted by Gasteiger charge is 2.29. The third-order valence-electron chi connectivity index (χ3n) is 4.18. The molecule has 0 N–H and O–H groups in total. The second-order valence-electron chi connectivity index (χ2n) is 5.05. The van der Waals surface area contributed by atoms with Gasteiger partial charge in [-0.3, -0.25) is 0 Å². The summed E-state index contributed by atoms with van der Waals surface area (Å²) < 4.78 is 0. The predicted octanol–water partition coefficient (Wildman–Crippen LogP) is 3.40. The van der Waals surface area contributed by atoms with Crippen LogP contribution in [0.15, 0.2) is 36.4 Å². The molecule has 0 bridgehead atoms. The van der Waals surface area contributed by atoms with Gasteiger partial charge < -0.3 is 4.90 Å². The molecule has 16 heavy (non-hydrogen) atoms. The van der Waals surface area contributed by atoms with Crippen LogP contribution in [0.4, 0.5) is 5.69 Å². The van der Waals surface area contributed by atoms with Crippen molar-refractivity contribution in [3.8, 4) is 0 Å². The Kier molecular flexibility index (Phi) is 2.47. The van der Waals surface area contributed by atoms with Crippen LogP contribution in [0.1, 0.15) is 24.8 Å². The van der Waals surface area contributed by atoms with Gasteiger partial charge in [0, 0.05) is 18.8 Å². The Labute approximate surface area is 97.8 Å². The standard InChI is InChI=1S/C15H19N/c1-16-14-8-4-2-6-12(14)10-11-13-7-3-5-9-15(13)16/h2-6,8,13,15H,7,9-11H2,1H3. The molecule has 2 unspecified atom stereocenters. The topological polar surface area (TPSA) is 3.24 Å².